The van der Waals surface area contributed by atoms with E-state index in [2.05, 4.69) is 13.0 Å². The Bertz CT molecular complexity index is 655. The number of carbonyl (C=O) groups is 2. The highest BCUT2D eigenvalue weighted by atomic mass is 32.1. The van der Waals surface area contributed by atoms with E-state index in [1.807, 2.05) is 0 Å². The predicted octanol–water partition coefficient (Wildman–Crippen LogP) is 2.85. The summed E-state index contributed by atoms with van der Waals surface area (Å²) in [6.07, 6.45) is 4.69. The number of rotatable bonds is 4. The first-order chi connectivity index (χ1) is 10.5. The molecule has 5 heteroatoms. The van der Waals surface area contributed by atoms with Crippen LogP contribution in [0, 0.1) is 0 Å². The van der Waals surface area contributed by atoms with E-state index in [4.69, 9.17) is 4.74 Å². The average molecular weight is 319 g/mol. The van der Waals surface area contributed by atoms with Crippen LogP contribution in [-0.2, 0) is 20.4 Å². The van der Waals surface area contributed by atoms with Crippen LogP contribution in [0.15, 0.2) is 6.07 Å². The Morgan fingerprint density at radius 1 is 1.36 bits per heavy atom. The van der Waals surface area contributed by atoms with E-state index in [9.17, 15) is 9.59 Å². The summed E-state index contributed by atoms with van der Waals surface area (Å²) in [5.41, 5.74) is 1.67. The van der Waals surface area contributed by atoms with E-state index in [1.54, 1.807) is 23.2 Å². The summed E-state index contributed by atoms with van der Waals surface area (Å²) in [7, 11) is 0. The number of fused-ring (bicyclic) bond motifs is 2. The molecule has 1 aromatic rings. The summed E-state index contributed by atoms with van der Waals surface area (Å²) in [6.45, 7) is 5.19. The number of hydrogen-bond acceptors (Lipinski definition) is 4. The van der Waals surface area contributed by atoms with Gasteiger partial charge in [0, 0.05) is 22.3 Å². The van der Waals surface area contributed by atoms with Crippen LogP contribution in [0.3, 0.4) is 0 Å². The zero-order valence-corrected chi connectivity index (χ0v) is 13.9. The second-order valence-corrected chi connectivity index (χ2v) is 8.21. The van der Waals surface area contributed by atoms with Gasteiger partial charge in [0.1, 0.15) is 6.54 Å². The third kappa shape index (κ3) is 2.09. The molecule has 1 amide bonds. The van der Waals surface area contributed by atoms with Crippen LogP contribution in [0.2, 0.25) is 0 Å². The van der Waals surface area contributed by atoms with Crippen LogP contribution in [-0.4, -0.2) is 36.5 Å². The van der Waals surface area contributed by atoms with Crippen molar-refractivity contribution in [3.05, 3.63) is 21.4 Å². The van der Waals surface area contributed by atoms with Gasteiger partial charge in [-0.2, -0.15) is 0 Å². The summed E-state index contributed by atoms with van der Waals surface area (Å²) in [6, 6.07) is 2.29. The molecule has 2 fully saturated rings. The van der Waals surface area contributed by atoms with Crippen molar-refractivity contribution in [2.75, 3.05) is 19.7 Å². The third-order valence-corrected chi connectivity index (χ3v) is 6.78. The van der Waals surface area contributed by atoms with E-state index >= 15 is 0 Å². The fraction of sp³-hybridized carbons (Fsp3) is 0.647. The summed E-state index contributed by atoms with van der Waals surface area (Å²) in [5, 5.41) is 0. The van der Waals surface area contributed by atoms with Crippen LogP contribution in [0.5, 0.6) is 0 Å². The van der Waals surface area contributed by atoms with Crippen molar-refractivity contribution in [1.29, 1.82) is 0 Å². The first-order valence-electron chi connectivity index (χ1n) is 8.07. The lowest BCUT2D eigenvalue weighted by Gasteiger charge is -2.32. The molecule has 0 unspecified atom stereocenters. The van der Waals surface area contributed by atoms with Gasteiger partial charge in [0.05, 0.1) is 11.5 Å². The van der Waals surface area contributed by atoms with Gasteiger partial charge < -0.3 is 9.64 Å². The van der Waals surface area contributed by atoms with Crippen molar-refractivity contribution in [1.82, 2.24) is 4.90 Å². The maximum absolute atomic E-state index is 12.8. The van der Waals surface area contributed by atoms with Gasteiger partial charge in [-0.25, -0.2) is 0 Å². The summed E-state index contributed by atoms with van der Waals surface area (Å²) < 4.78 is 5.01. The number of amides is 1. The first kappa shape index (κ1) is 14.2. The van der Waals surface area contributed by atoms with Gasteiger partial charge in [0.2, 0.25) is 0 Å². The molecule has 1 spiro atoms. The lowest BCUT2D eigenvalue weighted by atomic mass is 9.90. The number of hydrogen-bond donors (Lipinski definition) is 0. The molecule has 0 N–H and O–H groups in total. The van der Waals surface area contributed by atoms with E-state index < -0.39 is 0 Å². The van der Waals surface area contributed by atoms with Crippen molar-refractivity contribution in [2.45, 2.75) is 50.4 Å². The molecular formula is C17H21NO3S. The van der Waals surface area contributed by atoms with Crippen LogP contribution in [0.1, 0.15) is 59.6 Å². The molecule has 0 atom stereocenters. The van der Waals surface area contributed by atoms with Gasteiger partial charge in [-0.05, 0) is 44.2 Å². The van der Waals surface area contributed by atoms with Gasteiger partial charge in [0.15, 0.2) is 0 Å². The van der Waals surface area contributed by atoms with Crippen LogP contribution in [0.25, 0.3) is 0 Å². The lowest BCUT2D eigenvalue weighted by molar-refractivity contribution is -0.143. The molecule has 4 nitrogen and oxygen atoms in total. The first-order valence-corrected chi connectivity index (χ1v) is 8.89. The van der Waals surface area contributed by atoms with Crippen LogP contribution < -0.4 is 0 Å². The van der Waals surface area contributed by atoms with Crippen molar-refractivity contribution in [3.63, 3.8) is 0 Å². The predicted molar refractivity (Wildman–Crippen MR) is 84.4 cm³/mol. The topological polar surface area (TPSA) is 46.6 Å². The van der Waals surface area contributed by atoms with Gasteiger partial charge in [-0.3, -0.25) is 9.59 Å². The standard InChI is InChI=1S/C17H21NO3S/c1-3-21-13(19)9-18-10-17(6-7-17)11-8-12(16(2)4-5-16)22-14(11)15(18)20/h8H,3-7,9-10H2,1-2H3. The van der Waals surface area contributed by atoms with Crippen molar-refractivity contribution in [3.8, 4) is 0 Å². The molecule has 0 radical (unpaired) electrons. The van der Waals surface area contributed by atoms with Gasteiger partial charge in [-0.1, -0.05) is 6.92 Å². The normalized spacial score (nSPS) is 23.4. The minimum Gasteiger partial charge on any atom is -0.465 e. The highest BCUT2D eigenvalue weighted by Gasteiger charge is 2.54. The molecule has 0 saturated heterocycles. The number of carbonyl (C=O) groups excluding carboxylic acids is 2. The highest BCUT2D eigenvalue weighted by Crippen LogP contribution is 2.58. The summed E-state index contributed by atoms with van der Waals surface area (Å²) in [5.74, 6) is -0.290. The highest BCUT2D eigenvalue weighted by molar-refractivity contribution is 7.14. The van der Waals surface area contributed by atoms with Gasteiger partial charge >= 0.3 is 5.97 Å². The zero-order chi connectivity index (χ0) is 15.5. The molecule has 22 heavy (non-hydrogen) atoms. The van der Waals surface area contributed by atoms with Crippen molar-refractivity contribution >= 4 is 23.2 Å². The Balaban J connectivity index is 1.65. The van der Waals surface area contributed by atoms with Crippen LogP contribution >= 0.6 is 11.3 Å². The Hall–Kier alpha value is -1.36. The van der Waals surface area contributed by atoms with E-state index in [-0.39, 0.29) is 23.8 Å². The minimum atomic E-state index is -0.305. The molecule has 2 saturated carbocycles. The van der Waals surface area contributed by atoms with E-state index in [1.165, 1.54) is 23.3 Å². The summed E-state index contributed by atoms with van der Waals surface area (Å²) in [4.78, 5) is 28.4. The fourth-order valence-corrected chi connectivity index (χ4v) is 4.86. The SMILES string of the molecule is CCOC(=O)CN1CC2(CC2)c2cc(C3(C)CC3)sc2C1=O. The van der Waals surface area contributed by atoms with Crippen LogP contribution in [0.4, 0.5) is 0 Å². The fourth-order valence-electron chi connectivity index (χ4n) is 3.41. The van der Waals surface area contributed by atoms with E-state index in [0.717, 1.165) is 17.7 Å². The average Bonchev–Trinajstić information content (AvgIpc) is 3.36. The molecule has 118 valence electrons. The Morgan fingerprint density at radius 2 is 2.09 bits per heavy atom. The number of esters is 1. The minimum absolute atomic E-state index is 0.0149. The van der Waals surface area contributed by atoms with Crippen molar-refractivity contribution < 1.29 is 14.3 Å². The molecule has 1 aliphatic heterocycles. The zero-order valence-electron chi connectivity index (χ0n) is 13.1. The lowest BCUT2D eigenvalue weighted by Crippen LogP contribution is -2.45. The third-order valence-electron chi connectivity index (χ3n) is 5.35. The number of nitrogens with zero attached hydrogens (tertiary/aromatic N) is 1. The Kier molecular flexibility index (Phi) is 2.96. The smallest absolute Gasteiger partial charge is 0.325 e. The van der Waals surface area contributed by atoms with Gasteiger partial charge in [-0.15, -0.1) is 11.3 Å². The quantitative estimate of drug-likeness (QED) is 0.802. The maximum atomic E-state index is 12.8. The van der Waals surface area contributed by atoms with Gasteiger partial charge in [0.25, 0.3) is 5.91 Å². The molecule has 0 aromatic carbocycles. The second-order valence-electron chi connectivity index (χ2n) is 7.16. The second kappa shape index (κ2) is 4.57. The molecule has 2 aliphatic carbocycles. The molecule has 3 aliphatic rings. The Morgan fingerprint density at radius 3 is 2.68 bits per heavy atom. The number of thiophene rings is 1. The maximum Gasteiger partial charge on any atom is 0.325 e. The molecular weight excluding hydrogens is 298 g/mol. The van der Waals surface area contributed by atoms with E-state index in [0.29, 0.717) is 18.6 Å². The molecule has 0 bridgehead atoms. The largest absolute Gasteiger partial charge is 0.465 e. The molecule has 4 rings (SSSR count). The molecule has 2 heterocycles. The Labute approximate surface area is 134 Å². The van der Waals surface area contributed by atoms with Crippen molar-refractivity contribution in [2.24, 2.45) is 0 Å². The summed E-state index contributed by atoms with van der Waals surface area (Å²) >= 11 is 1.66. The molecule has 1 aromatic heterocycles. The number of ether oxygens (including phenoxy) is 1. The monoisotopic (exact) mass is 319 g/mol.